The average molecular weight is 249 g/mol. The Morgan fingerprint density at radius 3 is 3.28 bits per heavy atom. The molecule has 96 valence electrons. The summed E-state index contributed by atoms with van der Waals surface area (Å²) >= 11 is 0. The summed E-state index contributed by atoms with van der Waals surface area (Å²) in [5.74, 6) is 1.35. The lowest BCUT2D eigenvalue weighted by Crippen LogP contribution is -2.30. The van der Waals surface area contributed by atoms with Crippen molar-refractivity contribution in [3.05, 3.63) is 22.4 Å². The molecule has 0 saturated carbocycles. The molecule has 1 saturated heterocycles. The predicted octanol–water partition coefficient (Wildman–Crippen LogP) is 0.317. The SMILES string of the molecule is Cc1nc(NC2CCCOC2)cc2n[nH]c(=O)n12. The third-order valence-electron chi connectivity index (χ3n) is 3.08. The molecule has 2 aromatic heterocycles. The van der Waals surface area contributed by atoms with Crippen molar-refractivity contribution in [2.45, 2.75) is 25.8 Å². The summed E-state index contributed by atoms with van der Waals surface area (Å²) in [6.07, 6.45) is 2.13. The highest BCUT2D eigenvalue weighted by atomic mass is 16.5. The van der Waals surface area contributed by atoms with Crippen LogP contribution in [-0.2, 0) is 4.74 Å². The minimum Gasteiger partial charge on any atom is -0.379 e. The minimum atomic E-state index is -0.262. The van der Waals surface area contributed by atoms with Gasteiger partial charge >= 0.3 is 5.69 Å². The molecule has 3 rings (SSSR count). The summed E-state index contributed by atoms with van der Waals surface area (Å²) < 4.78 is 6.86. The number of ether oxygens (including phenoxy) is 1. The van der Waals surface area contributed by atoms with Crippen LogP contribution < -0.4 is 11.0 Å². The van der Waals surface area contributed by atoms with Crippen molar-refractivity contribution in [2.75, 3.05) is 18.5 Å². The molecule has 1 fully saturated rings. The van der Waals surface area contributed by atoms with E-state index in [-0.39, 0.29) is 11.7 Å². The fourth-order valence-electron chi connectivity index (χ4n) is 2.24. The first kappa shape index (κ1) is 11.2. The normalized spacial score (nSPS) is 20.2. The minimum absolute atomic E-state index is 0.262. The molecule has 0 aliphatic carbocycles. The first-order valence-corrected chi connectivity index (χ1v) is 6.03. The van der Waals surface area contributed by atoms with Gasteiger partial charge in [0.1, 0.15) is 11.6 Å². The van der Waals surface area contributed by atoms with Gasteiger partial charge in [-0.15, -0.1) is 0 Å². The van der Waals surface area contributed by atoms with Gasteiger partial charge < -0.3 is 10.1 Å². The molecule has 1 aliphatic heterocycles. The van der Waals surface area contributed by atoms with Crippen LogP contribution in [0.3, 0.4) is 0 Å². The summed E-state index contributed by atoms with van der Waals surface area (Å²) in [7, 11) is 0. The highest BCUT2D eigenvalue weighted by molar-refractivity contribution is 5.50. The van der Waals surface area contributed by atoms with Crippen LogP contribution in [0.5, 0.6) is 0 Å². The van der Waals surface area contributed by atoms with E-state index in [1.807, 2.05) is 0 Å². The highest BCUT2D eigenvalue weighted by Gasteiger charge is 2.15. The van der Waals surface area contributed by atoms with E-state index < -0.39 is 0 Å². The number of hydrogen-bond donors (Lipinski definition) is 2. The Balaban J connectivity index is 1.90. The quantitative estimate of drug-likeness (QED) is 0.800. The molecule has 7 nitrogen and oxygen atoms in total. The van der Waals surface area contributed by atoms with Crippen molar-refractivity contribution in [1.29, 1.82) is 0 Å². The molecule has 0 amide bonds. The van der Waals surface area contributed by atoms with Gasteiger partial charge in [-0.3, -0.25) is 0 Å². The topological polar surface area (TPSA) is 84.3 Å². The van der Waals surface area contributed by atoms with Crippen molar-refractivity contribution in [1.82, 2.24) is 19.6 Å². The number of aromatic amines is 1. The molecule has 3 heterocycles. The number of hydrogen-bond acceptors (Lipinski definition) is 5. The second kappa shape index (κ2) is 4.41. The van der Waals surface area contributed by atoms with Gasteiger partial charge in [-0.25, -0.2) is 19.3 Å². The van der Waals surface area contributed by atoms with Crippen LogP contribution in [0.2, 0.25) is 0 Å². The van der Waals surface area contributed by atoms with Crippen LogP contribution in [0.25, 0.3) is 5.65 Å². The third-order valence-corrected chi connectivity index (χ3v) is 3.08. The Morgan fingerprint density at radius 1 is 1.61 bits per heavy atom. The molecule has 1 atom stereocenters. The zero-order chi connectivity index (χ0) is 12.5. The van der Waals surface area contributed by atoms with Gasteiger partial charge in [0.2, 0.25) is 0 Å². The zero-order valence-corrected chi connectivity index (χ0v) is 10.1. The van der Waals surface area contributed by atoms with Gasteiger partial charge in [0.25, 0.3) is 0 Å². The predicted molar refractivity (Wildman–Crippen MR) is 65.8 cm³/mol. The maximum atomic E-state index is 11.5. The number of anilines is 1. The van der Waals surface area contributed by atoms with Gasteiger partial charge in [-0.1, -0.05) is 0 Å². The second-order valence-corrected chi connectivity index (χ2v) is 4.47. The number of aromatic nitrogens is 4. The Morgan fingerprint density at radius 2 is 2.50 bits per heavy atom. The van der Waals surface area contributed by atoms with Gasteiger partial charge in [0.05, 0.1) is 12.6 Å². The fourth-order valence-corrected chi connectivity index (χ4v) is 2.24. The first-order valence-electron chi connectivity index (χ1n) is 6.03. The molecule has 0 aromatic carbocycles. The number of nitrogens with one attached hydrogen (secondary N) is 2. The molecule has 7 heteroatoms. The molecule has 0 spiro atoms. The molecule has 2 aromatic rings. The van der Waals surface area contributed by atoms with Gasteiger partial charge in [0.15, 0.2) is 5.65 Å². The lowest BCUT2D eigenvalue weighted by atomic mass is 10.1. The first-order chi connectivity index (χ1) is 8.74. The molecular formula is C11H15N5O2. The Labute approximate surface area is 103 Å². The molecule has 18 heavy (non-hydrogen) atoms. The van der Waals surface area contributed by atoms with E-state index in [1.165, 1.54) is 4.40 Å². The summed E-state index contributed by atoms with van der Waals surface area (Å²) in [5.41, 5.74) is 0.314. The van der Waals surface area contributed by atoms with Gasteiger partial charge in [-0.05, 0) is 19.8 Å². The molecule has 2 N–H and O–H groups in total. The van der Waals surface area contributed by atoms with E-state index >= 15 is 0 Å². The van der Waals surface area contributed by atoms with E-state index in [1.54, 1.807) is 13.0 Å². The fraction of sp³-hybridized carbons (Fsp3) is 0.545. The monoisotopic (exact) mass is 249 g/mol. The van der Waals surface area contributed by atoms with Crippen LogP contribution in [0, 0.1) is 6.92 Å². The van der Waals surface area contributed by atoms with E-state index in [0.29, 0.717) is 18.1 Å². The summed E-state index contributed by atoms with van der Waals surface area (Å²) in [6.45, 7) is 3.31. The number of fused-ring (bicyclic) bond motifs is 1. The number of nitrogens with zero attached hydrogens (tertiary/aromatic N) is 3. The van der Waals surface area contributed by atoms with Crippen molar-refractivity contribution in [3.8, 4) is 0 Å². The number of rotatable bonds is 2. The summed E-state index contributed by atoms with van der Waals surface area (Å²) in [5, 5.41) is 9.68. The Kier molecular flexibility index (Phi) is 2.75. The average Bonchev–Trinajstić information content (AvgIpc) is 2.72. The Bertz CT molecular complexity index is 611. The lowest BCUT2D eigenvalue weighted by Gasteiger charge is -2.23. The van der Waals surface area contributed by atoms with Crippen molar-refractivity contribution in [3.63, 3.8) is 0 Å². The smallest absolute Gasteiger partial charge is 0.349 e. The maximum absolute atomic E-state index is 11.5. The van der Waals surface area contributed by atoms with Crippen molar-refractivity contribution < 1.29 is 4.74 Å². The number of H-pyrrole nitrogens is 1. The van der Waals surface area contributed by atoms with Gasteiger partial charge in [-0.2, -0.15) is 5.10 Å². The Hall–Kier alpha value is -1.89. The molecule has 0 bridgehead atoms. The molecular weight excluding hydrogens is 234 g/mol. The van der Waals surface area contributed by atoms with Crippen LogP contribution in [0.15, 0.2) is 10.9 Å². The molecule has 0 radical (unpaired) electrons. The van der Waals surface area contributed by atoms with E-state index in [9.17, 15) is 4.79 Å². The summed E-state index contributed by atoms with van der Waals surface area (Å²) in [4.78, 5) is 15.8. The second-order valence-electron chi connectivity index (χ2n) is 4.47. The van der Waals surface area contributed by atoms with Crippen molar-refractivity contribution in [2.24, 2.45) is 0 Å². The summed E-state index contributed by atoms with van der Waals surface area (Å²) in [6, 6.07) is 2.04. The van der Waals surface area contributed by atoms with Crippen LogP contribution in [-0.4, -0.2) is 38.8 Å². The van der Waals surface area contributed by atoms with Crippen LogP contribution in [0.1, 0.15) is 18.7 Å². The van der Waals surface area contributed by atoms with Crippen LogP contribution >= 0.6 is 0 Å². The van der Waals surface area contributed by atoms with E-state index in [2.05, 4.69) is 20.5 Å². The number of aryl methyl sites for hydroxylation is 1. The van der Waals surface area contributed by atoms with E-state index in [0.717, 1.165) is 25.3 Å². The van der Waals surface area contributed by atoms with Gasteiger partial charge in [0, 0.05) is 12.7 Å². The molecule has 1 aliphatic rings. The highest BCUT2D eigenvalue weighted by Crippen LogP contribution is 2.14. The largest absolute Gasteiger partial charge is 0.379 e. The maximum Gasteiger partial charge on any atom is 0.349 e. The third kappa shape index (κ3) is 1.97. The lowest BCUT2D eigenvalue weighted by molar-refractivity contribution is 0.0875. The van der Waals surface area contributed by atoms with Crippen LogP contribution in [0.4, 0.5) is 5.82 Å². The van der Waals surface area contributed by atoms with E-state index in [4.69, 9.17) is 4.74 Å². The van der Waals surface area contributed by atoms with Crippen molar-refractivity contribution >= 4 is 11.5 Å². The molecule has 1 unspecified atom stereocenters. The zero-order valence-electron chi connectivity index (χ0n) is 10.1. The standard InChI is InChI=1S/C11H15N5O2/c1-7-12-9(13-8-3-2-4-18-6-8)5-10-14-15-11(17)16(7)10/h5,8,13H,2-4,6H2,1H3,(H,15,17).